The van der Waals surface area contributed by atoms with Crippen molar-refractivity contribution in [2.24, 2.45) is 5.73 Å². The molecule has 3 N–H and O–H groups in total. The van der Waals surface area contributed by atoms with Gasteiger partial charge in [0, 0.05) is 5.39 Å². The predicted molar refractivity (Wildman–Crippen MR) is 66.0 cm³/mol. The molecule has 17 heavy (non-hydrogen) atoms. The number of hydrogen-bond acceptors (Lipinski definition) is 3. The Labute approximate surface area is 98.4 Å². The van der Waals surface area contributed by atoms with E-state index < -0.39 is 12.0 Å². The molecule has 2 aromatic rings. The molecule has 0 saturated carbocycles. The Balaban J connectivity index is 2.11. The zero-order valence-electron chi connectivity index (χ0n) is 9.14. The number of nitrogens with two attached hydrogens (primary N) is 1. The fourth-order valence-corrected chi connectivity index (χ4v) is 2.08. The van der Waals surface area contributed by atoms with Gasteiger partial charge in [-0.15, -0.1) is 0 Å². The van der Waals surface area contributed by atoms with Gasteiger partial charge in [-0.25, -0.2) is 0 Å². The lowest BCUT2D eigenvalue weighted by atomic mass is 10.1. The van der Waals surface area contributed by atoms with Crippen molar-refractivity contribution in [3.8, 4) is 5.75 Å². The van der Waals surface area contributed by atoms with Crippen LogP contribution in [0.25, 0.3) is 10.8 Å². The van der Waals surface area contributed by atoms with Gasteiger partial charge >= 0.3 is 0 Å². The van der Waals surface area contributed by atoms with Gasteiger partial charge in [-0.3, -0.25) is 4.79 Å². The fraction of sp³-hybridized carbons (Fsp3) is 0.154. The van der Waals surface area contributed by atoms with Crippen molar-refractivity contribution in [1.29, 1.82) is 0 Å². The molecular weight excluding hydrogens is 216 g/mol. The summed E-state index contributed by atoms with van der Waals surface area (Å²) < 4.78 is 5.56. The number of primary amides is 1. The van der Waals surface area contributed by atoms with Gasteiger partial charge in [0.05, 0.1) is 12.2 Å². The largest absolute Gasteiger partial charge is 0.477 e. The Morgan fingerprint density at radius 1 is 1.29 bits per heavy atom. The minimum Gasteiger partial charge on any atom is -0.477 e. The predicted octanol–water partition coefficient (Wildman–Crippen LogP) is 1.50. The Morgan fingerprint density at radius 2 is 2.12 bits per heavy atom. The van der Waals surface area contributed by atoms with Crippen LogP contribution < -0.4 is 15.8 Å². The van der Waals surface area contributed by atoms with Crippen molar-refractivity contribution < 1.29 is 9.53 Å². The van der Waals surface area contributed by atoms with E-state index in [-0.39, 0.29) is 0 Å². The lowest BCUT2D eigenvalue weighted by Gasteiger charge is -2.26. The quantitative estimate of drug-likeness (QED) is 0.777. The summed E-state index contributed by atoms with van der Waals surface area (Å²) in [5.41, 5.74) is 6.16. The monoisotopic (exact) mass is 228 g/mol. The molecule has 4 heteroatoms. The molecule has 0 aliphatic carbocycles. The topological polar surface area (TPSA) is 64.4 Å². The van der Waals surface area contributed by atoms with E-state index in [1.807, 2.05) is 36.4 Å². The van der Waals surface area contributed by atoms with E-state index in [1.54, 1.807) is 0 Å². The van der Waals surface area contributed by atoms with Crippen LogP contribution in [0, 0.1) is 0 Å². The van der Waals surface area contributed by atoms with Crippen LogP contribution in [-0.2, 0) is 4.79 Å². The van der Waals surface area contributed by atoms with Gasteiger partial charge in [-0.1, -0.05) is 30.3 Å². The summed E-state index contributed by atoms with van der Waals surface area (Å²) in [4.78, 5) is 11.1. The molecule has 1 aliphatic heterocycles. The first-order valence-electron chi connectivity index (χ1n) is 5.47. The number of amides is 1. The molecule has 0 aromatic heterocycles. The summed E-state index contributed by atoms with van der Waals surface area (Å²) in [5, 5.41) is 5.44. The average molecular weight is 228 g/mol. The zero-order valence-corrected chi connectivity index (χ0v) is 9.14. The number of ether oxygens (including phenoxy) is 1. The summed E-state index contributed by atoms with van der Waals surface area (Å²) in [7, 11) is 0. The maximum Gasteiger partial charge on any atom is 0.260 e. The molecule has 4 nitrogen and oxygen atoms in total. The van der Waals surface area contributed by atoms with E-state index in [4.69, 9.17) is 10.5 Å². The third-order valence-corrected chi connectivity index (χ3v) is 2.94. The number of rotatable bonds is 1. The second kappa shape index (κ2) is 3.66. The van der Waals surface area contributed by atoms with Crippen LogP contribution in [-0.4, -0.2) is 18.6 Å². The van der Waals surface area contributed by atoms with Crippen LogP contribution in [0.4, 0.5) is 5.69 Å². The van der Waals surface area contributed by atoms with Crippen LogP contribution in [0.5, 0.6) is 5.75 Å². The van der Waals surface area contributed by atoms with Crippen molar-refractivity contribution in [3.05, 3.63) is 36.4 Å². The van der Waals surface area contributed by atoms with Crippen LogP contribution >= 0.6 is 0 Å². The lowest BCUT2D eigenvalue weighted by Crippen LogP contribution is -2.41. The first kappa shape index (κ1) is 9.96. The first-order valence-corrected chi connectivity index (χ1v) is 5.47. The highest BCUT2D eigenvalue weighted by atomic mass is 16.5. The lowest BCUT2D eigenvalue weighted by molar-refractivity contribution is -0.124. The van der Waals surface area contributed by atoms with Gasteiger partial charge in [0.25, 0.3) is 5.91 Å². The van der Waals surface area contributed by atoms with Crippen LogP contribution in [0.1, 0.15) is 0 Å². The smallest absolute Gasteiger partial charge is 0.260 e. The molecule has 0 spiro atoms. The highest BCUT2D eigenvalue weighted by Crippen LogP contribution is 2.35. The molecule has 3 rings (SSSR count). The molecule has 0 bridgehead atoms. The molecule has 0 fully saturated rings. The molecule has 1 unspecified atom stereocenters. The normalized spacial score (nSPS) is 18.0. The van der Waals surface area contributed by atoms with E-state index >= 15 is 0 Å². The van der Waals surface area contributed by atoms with Crippen molar-refractivity contribution in [1.82, 2.24) is 0 Å². The van der Waals surface area contributed by atoms with Gasteiger partial charge in [0.1, 0.15) is 5.75 Å². The number of carbonyl (C=O) groups is 1. The van der Waals surface area contributed by atoms with Crippen LogP contribution in [0.2, 0.25) is 0 Å². The SMILES string of the molecule is NC(=O)C1CNc2c(ccc3ccccc23)O1. The Kier molecular flexibility index (Phi) is 2.14. The van der Waals surface area contributed by atoms with Gasteiger partial charge in [0.15, 0.2) is 6.10 Å². The minimum absolute atomic E-state index is 0.413. The van der Waals surface area contributed by atoms with Crippen molar-refractivity contribution >= 4 is 22.4 Å². The standard InChI is InChI=1S/C13H12N2O2/c14-13(16)11-7-15-12-9-4-2-1-3-8(9)5-6-10(12)17-11/h1-6,11,15H,7H2,(H2,14,16). The Hall–Kier alpha value is -2.23. The van der Waals surface area contributed by atoms with E-state index in [0.717, 1.165) is 16.5 Å². The van der Waals surface area contributed by atoms with Gasteiger partial charge < -0.3 is 15.8 Å². The van der Waals surface area contributed by atoms with E-state index in [9.17, 15) is 4.79 Å². The van der Waals surface area contributed by atoms with Crippen LogP contribution in [0.15, 0.2) is 36.4 Å². The molecule has 0 saturated heterocycles. The number of nitrogens with one attached hydrogen (secondary N) is 1. The number of hydrogen-bond donors (Lipinski definition) is 2. The fourth-order valence-electron chi connectivity index (χ4n) is 2.08. The third-order valence-electron chi connectivity index (χ3n) is 2.94. The number of benzene rings is 2. The first-order chi connectivity index (χ1) is 8.25. The molecule has 1 heterocycles. The highest BCUT2D eigenvalue weighted by Gasteiger charge is 2.24. The van der Waals surface area contributed by atoms with Crippen molar-refractivity contribution in [2.45, 2.75) is 6.10 Å². The van der Waals surface area contributed by atoms with Gasteiger partial charge in [-0.05, 0) is 11.5 Å². The van der Waals surface area contributed by atoms with E-state index in [0.29, 0.717) is 12.3 Å². The van der Waals surface area contributed by atoms with Gasteiger partial charge in [-0.2, -0.15) is 0 Å². The summed E-state index contributed by atoms with van der Waals surface area (Å²) in [5.74, 6) is 0.232. The van der Waals surface area contributed by atoms with E-state index in [1.165, 1.54) is 0 Å². The maximum absolute atomic E-state index is 11.1. The van der Waals surface area contributed by atoms with Gasteiger partial charge in [0.2, 0.25) is 0 Å². The van der Waals surface area contributed by atoms with E-state index in [2.05, 4.69) is 5.32 Å². The average Bonchev–Trinajstić information content (AvgIpc) is 2.38. The number of anilines is 1. The van der Waals surface area contributed by atoms with Crippen LogP contribution in [0.3, 0.4) is 0 Å². The second-order valence-corrected chi connectivity index (χ2v) is 4.05. The maximum atomic E-state index is 11.1. The molecule has 0 radical (unpaired) electrons. The second-order valence-electron chi connectivity index (χ2n) is 4.05. The summed E-state index contributed by atoms with van der Waals surface area (Å²) in [6.07, 6.45) is -0.594. The zero-order chi connectivity index (χ0) is 11.8. The van der Waals surface area contributed by atoms with Crippen molar-refractivity contribution in [3.63, 3.8) is 0 Å². The summed E-state index contributed by atoms with van der Waals surface area (Å²) in [6.45, 7) is 0.413. The molecule has 1 amide bonds. The number of fused-ring (bicyclic) bond motifs is 3. The molecule has 86 valence electrons. The molecule has 1 atom stereocenters. The Morgan fingerprint density at radius 3 is 2.94 bits per heavy atom. The molecular formula is C13H12N2O2. The molecule has 1 aliphatic rings. The summed E-state index contributed by atoms with van der Waals surface area (Å²) >= 11 is 0. The summed E-state index contributed by atoms with van der Waals surface area (Å²) in [6, 6.07) is 11.9. The number of carbonyl (C=O) groups excluding carboxylic acids is 1. The third kappa shape index (κ3) is 1.58. The van der Waals surface area contributed by atoms with Crippen molar-refractivity contribution in [2.75, 3.05) is 11.9 Å². The highest BCUT2D eigenvalue weighted by molar-refractivity contribution is 5.98. The minimum atomic E-state index is -0.594. The Bertz CT molecular complexity index is 595. The molecule has 2 aromatic carbocycles.